The molecule has 0 saturated carbocycles. The van der Waals surface area contributed by atoms with Crippen LogP contribution in [0.5, 0.6) is 5.75 Å². The van der Waals surface area contributed by atoms with Crippen LogP contribution < -0.4 is 4.74 Å². The number of carbonyl (C=O) groups excluding carboxylic acids is 1. The summed E-state index contributed by atoms with van der Waals surface area (Å²) in [5, 5.41) is 0.880. The molecule has 0 aliphatic rings. The second kappa shape index (κ2) is 7.29. The maximum Gasteiger partial charge on any atom is 0.255 e. The molecule has 0 atom stereocenters. The van der Waals surface area contributed by atoms with Gasteiger partial charge in [-0.15, -0.1) is 0 Å². The van der Waals surface area contributed by atoms with E-state index in [0.29, 0.717) is 34.5 Å². The van der Waals surface area contributed by atoms with Crippen molar-refractivity contribution in [3.05, 3.63) is 58.3 Å². The maximum absolute atomic E-state index is 12.2. The number of halogens is 2. The van der Waals surface area contributed by atoms with Crippen LogP contribution in [-0.4, -0.2) is 36.0 Å². The molecule has 0 unspecified atom stereocenters. The van der Waals surface area contributed by atoms with Gasteiger partial charge in [0.1, 0.15) is 12.4 Å². The Morgan fingerprint density at radius 1 is 1.24 bits per heavy atom. The standard InChI is InChI=1S/C15H14Cl2N2O2/c1-19(15(20)11-6-7-18-10-13(11)17)8-9-21-14-5-3-2-4-12(14)16/h2-7,10H,8-9H2,1H3. The first-order valence-electron chi connectivity index (χ1n) is 6.32. The van der Waals surface area contributed by atoms with Crippen molar-refractivity contribution in [2.45, 2.75) is 0 Å². The fraction of sp³-hybridized carbons (Fsp3) is 0.200. The Bertz CT molecular complexity index is 635. The predicted octanol–water partition coefficient (Wildman–Crippen LogP) is 3.54. The van der Waals surface area contributed by atoms with Gasteiger partial charge in [-0.25, -0.2) is 0 Å². The van der Waals surface area contributed by atoms with Crippen LogP contribution in [0.2, 0.25) is 10.0 Å². The van der Waals surface area contributed by atoms with Crippen molar-refractivity contribution in [1.29, 1.82) is 0 Å². The lowest BCUT2D eigenvalue weighted by Gasteiger charge is -2.18. The lowest BCUT2D eigenvalue weighted by atomic mass is 10.2. The molecule has 1 heterocycles. The maximum atomic E-state index is 12.2. The van der Waals surface area contributed by atoms with Gasteiger partial charge in [-0.2, -0.15) is 0 Å². The normalized spacial score (nSPS) is 10.2. The highest BCUT2D eigenvalue weighted by atomic mass is 35.5. The van der Waals surface area contributed by atoms with Crippen LogP contribution >= 0.6 is 23.2 Å². The second-order valence-corrected chi connectivity index (χ2v) is 5.18. The van der Waals surface area contributed by atoms with Crippen LogP contribution in [0.1, 0.15) is 10.4 Å². The second-order valence-electron chi connectivity index (χ2n) is 4.36. The Kier molecular flexibility index (Phi) is 5.42. The summed E-state index contributed by atoms with van der Waals surface area (Å²) in [5.74, 6) is 0.423. The minimum absolute atomic E-state index is 0.176. The molecular formula is C15H14Cl2N2O2. The molecule has 2 rings (SSSR count). The Labute approximate surface area is 133 Å². The summed E-state index contributed by atoms with van der Waals surface area (Å²) in [6.07, 6.45) is 2.98. The van der Waals surface area contributed by atoms with Crippen LogP contribution in [0.15, 0.2) is 42.7 Å². The highest BCUT2D eigenvalue weighted by molar-refractivity contribution is 6.33. The number of nitrogens with zero attached hydrogens (tertiary/aromatic N) is 2. The number of benzene rings is 1. The highest BCUT2D eigenvalue weighted by Crippen LogP contribution is 2.23. The minimum atomic E-state index is -0.176. The van der Waals surface area contributed by atoms with Gasteiger partial charge in [-0.1, -0.05) is 35.3 Å². The molecule has 0 aliphatic heterocycles. The van der Waals surface area contributed by atoms with Crippen LogP contribution in [-0.2, 0) is 0 Å². The molecule has 1 aromatic carbocycles. The molecule has 0 bridgehead atoms. The van der Waals surface area contributed by atoms with Gasteiger partial charge in [0.05, 0.1) is 22.2 Å². The summed E-state index contributed by atoms with van der Waals surface area (Å²) < 4.78 is 5.55. The van der Waals surface area contributed by atoms with Crippen LogP contribution in [0.4, 0.5) is 0 Å². The summed E-state index contributed by atoms with van der Waals surface area (Å²) in [7, 11) is 1.69. The Morgan fingerprint density at radius 2 is 2.00 bits per heavy atom. The first-order valence-corrected chi connectivity index (χ1v) is 7.07. The number of carbonyl (C=O) groups is 1. The van der Waals surface area contributed by atoms with Crippen molar-refractivity contribution in [2.24, 2.45) is 0 Å². The fourth-order valence-corrected chi connectivity index (χ4v) is 2.10. The third kappa shape index (κ3) is 4.09. The first-order chi connectivity index (χ1) is 10.1. The molecule has 0 fully saturated rings. The van der Waals surface area contributed by atoms with E-state index >= 15 is 0 Å². The van der Waals surface area contributed by atoms with Gasteiger partial charge in [-0.3, -0.25) is 9.78 Å². The number of para-hydroxylation sites is 1. The number of amides is 1. The van der Waals surface area contributed by atoms with E-state index in [9.17, 15) is 4.79 Å². The van der Waals surface area contributed by atoms with Gasteiger partial charge in [0, 0.05) is 19.4 Å². The Morgan fingerprint density at radius 3 is 2.71 bits per heavy atom. The summed E-state index contributed by atoms with van der Waals surface area (Å²) in [6, 6.07) is 8.80. The summed E-state index contributed by atoms with van der Waals surface area (Å²) in [6.45, 7) is 0.761. The van der Waals surface area contributed by atoms with E-state index < -0.39 is 0 Å². The fourth-order valence-electron chi connectivity index (χ4n) is 1.71. The van der Waals surface area contributed by atoms with E-state index in [-0.39, 0.29) is 5.91 Å². The lowest BCUT2D eigenvalue weighted by Crippen LogP contribution is -2.31. The molecule has 0 radical (unpaired) electrons. The van der Waals surface area contributed by atoms with Gasteiger partial charge in [-0.05, 0) is 18.2 Å². The molecule has 21 heavy (non-hydrogen) atoms. The van der Waals surface area contributed by atoms with Crippen molar-refractivity contribution in [3.63, 3.8) is 0 Å². The number of aromatic nitrogens is 1. The van der Waals surface area contributed by atoms with E-state index in [1.807, 2.05) is 12.1 Å². The minimum Gasteiger partial charge on any atom is -0.490 e. The molecule has 1 amide bonds. The van der Waals surface area contributed by atoms with Gasteiger partial charge >= 0.3 is 0 Å². The van der Waals surface area contributed by atoms with Gasteiger partial charge in [0.15, 0.2) is 0 Å². The van der Waals surface area contributed by atoms with E-state index in [4.69, 9.17) is 27.9 Å². The zero-order chi connectivity index (χ0) is 15.2. The topological polar surface area (TPSA) is 42.4 Å². The monoisotopic (exact) mass is 324 g/mol. The molecule has 1 aromatic heterocycles. The number of rotatable bonds is 5. The molecule has 4 nitrogen and oxygen atoms in total. The molecule has 6 heteroatoms. The zero-order valence-corrected chi connectivity index (χ0v) is 12.9. The average Bonchev–Trinajstić information content (AvgIpc) is 2.49. The molecule has 0 saturated heterocycles. The molecule has 0 N–H and O–H groups in total. The summed E-state index contributed by atoms with van der Waals surface area (Å²) in [5.41, 5.74) is 0.423. The average molecular weight is 325 g/mol. The number of ether oxygens (including phenoxy) is 1. The van der Waals surface area contributed by atoms with Crippen LogP contribution in [0.25, 0.3) is 0 Å². The van der Waals surface area contributed by atoms with Crippen molar-refractivity contribution < 1.29 is 9.53 Å². The van der Waals surface area contributed by atoms with Crippen LogP contribution in [0, 0.1) is 0 Å². The molecule has 110 valence electrons. The third-order valence-corrected chi connectivity index (χ3v) is 3.48. The molecular weight excluding hydrogens is 311 g/mol. The van der Waals surface area contributed by atoms with E-state index in [1.54, 1.807) is 25.2 Å². The summed E-state index contributed by atoms with van der Waals surface area (Å²) >= 11 is 11.9. The van der Waals surface area contributed by atoms with Gasteiger partial charge < -0.3 is 9.64 Å². The quantitative estimate of drug-likeness (QED) is 0.844. The van der Waals surface area contributed by atoms with E-state index in [2.05, 4.69) is 4.98 Å². The van der Waals surface area contributed by atoms with Crippen molar-refractivity contribution >= 4 is 29.1 Å². The first kappa shape index (κ1) is 15.6. The number of pyridine rings is 1. The Balaban J connectivity index is 1.90. The third-order valence-electron chi connectivity index (χ3n) is 2.87. The van der Waals surface area contributed by atoms with Crippen LogP contribution in [0.3, 0.4) is 0 Å². The largest absolute Gasteiger partial charge is 0.490 e. The predicted molar refractivity (Wildman–Crippen MR) is 83.2 cm³/mol. The zero-order valence-electron chi connectivity index (χ0n) is 11.4. The lowest BCUT2D eigenvalue weighted by molar-refractivity contribution is 0.0774. The van der Waals surface area contributed by atoms with Gasteiger partial charge in [0.2, 0.25) is 0 Å². The molecule has 0 aliphatic carbocycles. The smallest absolute Gasteiger partial charge is 0.255 e. The van der Waals surface area contributed by atoms with E-state index in [0.717, 1.165) is 0 Å². The summed E-state index contributed by atoms with van der Waals surface area (Å²) in [4.78, 5) is 17.6. The van der Waals surface area contributed by atoms with Crippen molar-refractivity contribution in [3.8, 4) is 5.75 Å². The van der Waals surface area contributed by atoms with E-state index in [1.165, 1.54) is 17.3 Å². The SMILES string of the molecule is CN(CCOc1ccccc1Cl)C(=O)c1ccncc1Cl. The number of hydrogen-bond acceptors (Lipinski definition) is 3. The van der Waals surface area contributed by atoms with Crippen molar-refractivity contribution in [1.82, 2.24) is 9.88 Å². The number of hydrogen-bond donors (Lipinski definition) is 0. The van der Waals surface area contributed by atoms with Gasteiger partial charge in [0.25, 0.3) is 5.91 Å². The van der Waals surface area contributed by atoms with Crippen molar-refractivity contribution in [2.75, 3.05) is 20.2 Å². The Hall–Kier alpha value is -1.78. The highest BCUT2D eigenvalue weighted by Gasteiger charge is 2.14. The molecule has 2 aromatic rings. The molecule has 0 spiro atoms. The number of likely N-dealkylation sites (N-methyl/N-ethyl adjacent to an activating group) is 1.